The van der Waals surface area contributed by atoms with Crippen molar-refractivity contribution >= 4 is 29.0 Å². The van der Waals surface area contributed by atoms with Crippen LogP contribution in [0.15, 0.2) is 60.9 Å². The second kappa shape index (κ2) is 9.14. The summed E-state index contributed by atoms with van der Waals surface area (Å²) in [7, 11) is 0. The SMILES string of the molecule is Cc1ccc(Cl)cc1Nc1cnc(C(=O)NCCCc2ccccc2)cn1. The van der Waals surface area contributed by atoms with Crippen LogP contribution in [0.2, 0.25) is 5.02 Å². The molecule has 3 aromatic rings. The third kappa shape index (κ3) is 5.53. The third-order valence-electron chi connectivity index (χ3n) is 4.12. The van der Waals surface area contributed by atoms with Crippen LogP contribution < -0.4 is 10.6 Å². The standard InChI is InChI=1S/C21H21ClN4O/c1-15-9-10-17(22)12-18(15)26-20-14-24-19(13-25-20)21(27)23-11-5-8-16-6-3-2-4-7-16/h2-4,6-7,9-10,12-14H,5,8,11H2,1H3,(H,23,27)(H,25,26). The lowest BCUT2D eigenvalue weighted by Gasteiger charge is -2.09. The average Bonchev–Trinajstić information content (AvgIpc) is 2.69. The summed E-state index contributed by atoms with van der Waals surface area (Å²) < 4.78 is 0. The Morgan fingerprint density at radius 1 is 1.07 bits per heavy atom. The molecule has 0 bridgehead atoms. The highest BCUT2D eigenvalue weighted by Gasteiger charge is 2.08. The Labute approximate surface area is 163 Å². The number of rotatable bonds is 7. The van der Waals surface area contributed by atoms with Gasteiger partial charge in [-0.2, -0.15) is 0 Å². The Morgan fingerprint density at radius 3 is 2.63 bits per heavy atom. The monoisotopic (exact) mass is 380 g/mol. The normalized spacial score (nSPS) is 10.4. The number of hydrogen-bond acceptors (Lipinski definition) is 4. The maximum absolute atomic E-state index is 12.2. The van der Waals surface area contributed by atoms with Crippen LogP contribution in [0.5, 0.6) is 0 Å². The van der Waals surface area contributed by atoms with Crippen molar-refractivity contribution in [1.29, 1.82) is 0 Å². The number of amides is 1. The fourth-order valence-electron chi connectivity index (χ4n) is 2.61. The van der Waals surface area contributed by atoms with E-state index in [4.69, 9.17) is 11.6 Å². The van der Waals surface area contributed by atoms with E-state index in [2.05, 4.69) is 32.7 Å². The fraction of sp³-hybridized carbons (Fsp3) is 0.190. The summed E-state index contributed by atoms with van der Waals surface area (Å²) in [6.45, 7) is 2.57. The Bertz CT molecular complexity index is 898. The topological polar surface area (TPSA) is 66.9 Å². The van der Waals surface area contributed by atoms with E-state index in [9.17, 15) is 4.79 Å². The molecule has 0 spiro atoms. The number of aryl methyl sites for hydroxylation is 2. The summed E-state index contributed by atoms with van der Waals surface area (Å²) >= 11 is 6.02. The summed E-state index contributed by atoms with van der Waals surface area (Å²) in [5.41, 5.74) is 3.46. The Kier molecular flexibility index (Phi) is 6.39. The highest BCUT2D eigenvalue weighted by Crippen LogP contribution is 2.22. The number of nitrogens with one attached hydrogen (secondary N) is 2. The molecule has 0 atom stereocenters. The van der Waals surface area contributed by atoms with E-state index in [0.29, 0.717) is 23.1 Å². The van der Waals surface area contributed by atoms with Gasteiger partial charge in [-0.25, -0.2) is 9.97 Å². The van der Waals surface area contributed by atoms with Gasteiger partial charge in [0.2, 0.25) is 0 Å². The lowest BCUT2D eigenvalue weighted by atomic mass is 10.1. The molecule has 0 aliphatic heterocycles. The van der Waals surface area contributed by atoms with Crippen molar-refractivity contribution in [2.45, 2.75) is 19.8 Å². The van der Waals surface area contributed by atoms with Gasteiger partial charge in [0.05, 0.1) is 12.4 Å². The molecule has 1 heterocycles. The number of hydrogen-bond donors (Lipinski definition) is 2. The summed E-state index contributed by atoms with van der Waals surface area (Å²) in [5, 5.41) is 6.68. The van der Waals surface area contributed by atoms with E-state index >= 15 is 0 Å². The van der Waals surface area contributed by atoms with E-state index in [0.717, 1.165) is 24.1 Å². The first-order chi connectivity index (χ1) is 13.1. The minimum atomic E-state index is -0.221. The number of carbonyl (C=O) groups excluding carboxylic acids is 1. The zero-order valence-corrected chi connectivity index (χ0v) is 15.8. The highest BCUT2D eigenvalue weighted by atomic mass is 35.5. The Hall–Kier alpha value is -2.92. The first-order valence-corrected chi connectivity index (χ1v) is 9.17. The van der Waals surface area contributed by atoms with Crippen LogP contribution in [0.4, 0.5) is 11.5 Å². The van der Waals surface area contributed by atoms with E-state index in [1.54, 1.807) is 6.20 Å². The summed E-state index contributed by atoms with van der Waals surface area (Å²) in [6, 6.07) is 15.8. The van der Waals surface area contributed by atoms with Gasteiger partial charge in [-0.15, -0.1) is 0 Å². The molecule has 2 aromatic carbocycles. The zero-order valence-electron chi connectivity index (χ0n) is 15.1. The van der Waals surface area contributed by atoms with Crippen LogP contribution in [0.3, 0.4) is 0 Å². The third-order valence-corrected chi connectivity index (χ3v) is 4.35. The predicted molar refractivity (Wildman–Crippen MR) is 109 cm³/mol. The second-order valence-corrected chi connectivity index (χ2v) is 6.65. The van der Waals surface area contributed by atoms with Crippen LogP contribution >= 0.6 is 11.6 Å². The fourth-order valence-corrected chi connectivity index (χ4v) is 2.78. The molecule has 0 saturated heterocycles. The lowest BCUT2D eigenvalue weighted by molar-refractivity contribution is 0.0948. The quantitative estimate of drug-likeness (QED) is 0.590. The van der Waals surface area contributed by atoms with Gasteiger partial charge in [0, 0.05) is 17.3 Å². The first-order valence-electron chi connectivity index (χ1n) is 8.79. The van der Waals surface area contributed by atoms with Crippen molar-refractivity contribution in [3.63, 3.8) is 0 Å². The smallest absolute Gasteiger partial charge is 0.271 e. The summed E-state index contributed by atoms with van der Waals surface area (Å²) in [4.78, 5) is 20.6. The highest BCUT2D eigenvalue weighted by molar-refractivity contribution is 6.30. The van der Waals surface area contributed by atoms with E-state index in [1.807, 2.05) is 43.3 Å². The van der Waals surface area contributed by atoms with Gasteiger partial charge in [0.15, 0.2) is 0 Å². The molecule has 1 aromatic heterocycles. The van der Waals surface area contributed by atoms with Gasteiger partial charge >= 0.3 is 0 Å². The number of anilines is 2. The Balaban J connectivity index is 1.50. The zero-order chi connectivity index (χ0) is 19.1. The van der Waals surface area contributed by atoms with Crippen molar-refractivity contribution in [3.05, 3.63) is 82.8 Å². The molecule has 2 N–H and O–H groups in total. The number of benzene rings is 2. The number of carbonyl (C=O) groups is 1. The molecule has 6 heteroatoms. The molecular formula is C21H21ClN4O. The average molecular weight is 381 g/mol. The van der Waals surface area contributed by atoms with Gasteiger partial charge in [0.25, 0.3) is 5.91 Å². The van der Waals surface area contributed by atoms with Gasteiger partial charge in [0.1, 0.15) is 11.5 Å². The molecule has 0 aliphatic carbocycles. The summed E-state index contributed by atoms with van der Waals surface area (Å²) in [6.07, 6.45) is 4.81. The lowest BCUT2D eigenvalue weighted by Crippen LogP contribution is -2.25. The molecule has 5 nitrogen and oxygen atoms in total. The van der Waals surface area contributed by atoms with Gasteiger partial charge < -0.3 is 10.6 Å². The molecule has 1 amide bonds. The van der Waals surface area contributed by atoms with Gasteiger partial charge in [-0.1, -0.05) is 48.0 Å². The van der Waals surface area contributed by atoms with Crippen molar-refractivity contribution in [2.24, 2.45) is 0 Å². The first kappa shape index (κ1) is 18.9. The molecule has 0 saturated carbocycles. The van der Waals surface area contributed by atoms with Crippen molar-refractivity contribution in [1.82, 2.24) is 15.3 Å². The van der Waals surface area contributed by atoms with Crippen molar-refractivity contribution in [3.8, 4) is 0 Å². The minimum absolute atomic E-state index is 0.221. The minimum Gasteiger partial charge on any atom is -0.351 e. The van der Waals surface area contributed by atoms with Crippen LogP contribution in [-0.4, -0.2) is 22.4 Å². The predicted octanol–water partition coefficient (Wildman–Crippen LogP) is 4.54. The molecule has 0 fully saturated rings. The summed E-state index contributed by atoms with van der Waals surface area (Å²) in [5.74, 6) is 0.335. The molecule has 0 aliphatic rings. The van der Waals surface area contributed by atoms with Gasteiger partial charge in [-0.3, -0.25) is 4.79 Å². The van der Waals surface area contributed by atoms with Crippen molar-refractivity contribution in [2.75, 3.05) is 11.9 Å². The number of halogens is 1. The molecule has 3 rings (SSSR count). The van der Waals surface area contributed by atoms with Crippen LogP contribution in [0.1, 0.15) is 28.0 Å². The van der Waals surface area contributed by atoms with Gasteiger partial charge in [-0.05, 0) is 43.0 Å². The van der Waals surface area contributed by atoms with E-state index < -0.39 is 0 Å². The van der Waals surface area contributed by atoms with Crippen LogP contribution in [-0.2, 0) is 6.42 Å². The van der Waals surface area contributed by atoms with E-state index in [-0.39, 0.29) is 5.91 Å². The molecule has 138 valence electrons. The molecule has 0 unspecified atom stereocenters. The van der Waals surface area contributed by atoms with E-state index in [1.165, 1.54) is 11.8 Å². The molecule has 27 heavy (non-hydrogen) atoms. The Morgan fingerprint density at radius 2 is 1.89 bits per heavy atom. The molecular weight excluding hydrogens is 360 g/mol. The van der Waals surface area contributed by atoms with Crippen LogP contribution in [0.25, 0.3) is 0 Å². The van der Waals surface area contributed by atoms with Crippen molar-refractivity contribution < 1.29 is 4.79 Å². The largest absolute Gasteiger partial charge is 0.351 e. The number of nitrogens with zero attached hydrogens (tertiary/aromatic N) is 2. The second-order valence-electron chi connectivity index (χ2n) is 6.22. The van der Waals surface area contributed by atoms with Crippen LogP contribution in [0, 0.1) is 6.92 Å². The molecule has 0 radical (unpaired) electrons. The maximum Gasteiger partial charge on any atom is 0.271 e. The number of aromatic nitrogens is 2. The maximum atomic E-state index is 12.2.